The minimum atomic E-state index is -0.457. The summed E-state index contributed by atoms with van der Waals surface area (Å²) in [5.41, 5.74) is 7.36. The number of rotatable bonds is 4. The van der Waals surface area contributed by atoms with Gasteiger partial charge in [0.15, 0.2) is 0 Å². The van der Waals surface area contributed by atoms with Gasteiger partial charge < -0.3 is 15.8 Å². The van der Waals surface area contributed by atoms with Gasteiger partial charge in [-0.15, -0.1) is 0 Å². The summed E-state index contributed by atoms with van der Waals surface area (Å²) < 4.78 is 5.09. The molecule has 4 nitrogen and oxygen atoms in total. The molecule has 0 fully saturated rings. The highest BCUT2D eigenvalue weighted by Crippen LogP contribution is 2.21. The summed E-state index contributed by atoms with van der Waals surface area (Å²) in [6.07, 6.45) is 0.626. The Morgan fingerprint density at radius 1 is 1.56 bits per heavy atom. The average Bonchev–Trinajstić information content (AvgIpc) is 2.30. The zero-order valence-corrected chi connectivity index (χ0v) is 9.91. The predicted octanol–water partition coefficient (Wildman–Crippen LogP) is 1.68. The summed E-state index contributed by atoms with van der Waals surface area (Å²) in [5.74, 6) is 0.617. The largest absolute Gasteiger partial charge is 0.497 e. The normalized spacial score (nSPS) is 12.0. The first-order valence-corrected chi connectivity index (χ1v) is 5.29. The molecule has 0 spiro atoms. The van der Waals surface area contributed by atoms with Crippen molar-refractivity contribution in [3.05, 3.63) is 23.8 Å². The third-order valence-electron chi connectivity index (χ3n) is 2.47. The molecule has 0 saturated carbocycles. The molecule has 88 valence electrons. The molecule has 0 bridgehead atoms. The average molecular weight is 222 g/mol. The molecular formula is C12H18N2O2. The van der Waals surface area contributed by atoms with Crippen LogP contribution < -0.4 is 15.8 Å². The van der Waals surface area contributed by atoms with Crippen molar-refractivity contribution in [2.75, 3.05) is 12.4 Å². The van der Waals surface area contributed by atoms with E-state index in [0.717, 1.165) is 17.0 Å². The molecule has 1 rings (SSSR count). The van der Waals surface area contributed by atoms with Crippen LogP contribution in [0.2, 0.25) is 0 Å². The molecule has 0 aliphatic heterocycles. The first-order valence-electron chi connectivity index (χ1n) is 5.29. The number of methoxy groups -OCH3 is 1. The summed E-state index contributed by atoms with van der Waals surface area (Å²) >= 11 is 0. The second-order valence-electron chi connectivity index (χ2n) is 3.68. The Hall–Kier alpha value is -1.55. The molecule has 16 heavy (non-hydrogen) atoms. The highest BCUT2D eigenvalue weighted by molar-refractivity contribution is 5.95. The summed E-state index contributed by atoms with van der Waals surface area (Å²) in [6.45, 7) is 3.79. The first-order chi connectivity index (χ1) is 7.58. The van der Waals surface area contributed by atoms with E-state index in [-0.39, 0.29) is 5.91 Å². The summed E-state index contributed by atoms with van der Waals surface area (Å²) in [5, 5.41) is 2.79. The fraction of sp³-hybridized carbons (Fsp3) is 0.417. The van der Waals surface area contributed by atoms with Crippen LogP contribution in [0.15, 0.2) is 18.2 Å². The number of carbonyl (C=O) groups excluding carboxylic acids is 1. The Bertz CT molecular complexity index is 377. The van der Waals surface area contributed by atoms with E-state index in [0.29, 0.717) is 6.42 Å². The summed E-state index contributed by atoms with van der Waals surface area (Å²) in [7, 11) is 1.61. The van der Waals surface area contributed by atoms with Gasteiger partial charge in [-0.05, 0) is 37.1 Å². The van der Waals surface area contributed by atoms with Gasteiger partial charge in [0.1, 0.15) is 5.75 Å². The van der Waals surface area contributed by atoms with E-state index in [1.54, 1.807) is 13.2 Å². The number of nitrogens with one attached hydrogen (secondary N) is 1. The van der Waals surface area contributed by atoms with E-state index in [1.807, 2.05) is 26.0 Å². The molecule has 0 saturated heterocycles. The van der Waals surface area contributed by atoms with Gasteiger partial charge in [0.25, 0.3) is 0 Å². The maximum atomic E-state index is 11.6. The van der Waals surface area contributed by atoms with Crippen molar-refractivity contribution in [2.45, 2.75) is 26.3 Å². The maximum absolute atomic E-state index is 11.6. The van der Waals surface area contributed by atoms with Gasteiger partial charge in [0, 0.05) is 5.69 Å². The summed E-state index contributed by atoms with van der Waals surface area (Å²) in [4.78, 5) is 11.6. The van der Waals surface area contributed by atoms with E-state index in [9.17, 15) is 4.79 Å². The van der Waals surface area contributed by atoms with Crippen molar-refractivity contribution in [1.82, 2.24) is 0 Å². The van der Waals surface area contributed by atoms with Crippen molar-refractivity contribution in [3.63, 3.8) is 0 Å². The predicted molar refractivity (Wildman–Crippen MR) is 64.6 cm³/mol. The van der Waals surface area contributed by atoms with Crippen molar-refractivity contribution in [3.8, 4) is 5.75 Å². The highest BCUT2D eigenvalue weighted by atomic mass is 16.5. The van der Waals surface area contributed by atoms with Crippen LogP contribution in [0.4, 0.5) is 5.69 Å². The van der Waals surface area contributed by atoms with Crippen molar-refractivity contribution in [1.29, 1.82) is 0 Å². The molecule has 4 heteroatoms. The number of anilines is 1. The Kier molecular flexibility index (Phi) is 4.31. The Labute approximate surface area is 95.8 Å². The topological polar surface area (TPSA) is 64.4 Å². The number of hydrogen-bond donors (Lipinski definition) is 2. The van der Waals surface area contributed by atoms with Gasteiger partial charge in [-0.25, -0.2) is 0 Å². The lowest BCUT2D eigenvalue weighted by molar-refractivity contribution is -0.117. The van der Waals surface area contributed by atoms with Crippen LogP contribution >= 0.6 is 0 Å². The van der Waals surface area contributed by atoms with Crippen LogP contribution in [0.25, 0.3) is 0 Å². The third-order valence-corrected chi connectivity index (χ3v) is 2.47. The highest BCUT2D eigenvalue weighted by Gasteiger charge is 2.12. The SMILES string of the molecule is CC[C@H](N)C(=O)Nc1ccc(OC)cc1C. The molecule has 0 unspecified atom stereocenters. The van der Waals surface area contributed by atoms with Crippen LogP contribution in [-0.4, -0.2) is 19.1 Å². The molecule has 1 atom stereocenters. The monoisotopic (exact) mass is 222 g/mol. The molecule has 1 aromatic rings. The van der Waals surface area contributed by atoms with Crippen molar-refractivity contribution >= 4 is 11.6 Å². The molecule has 0 aliphatic rings. The van der Waals surface area contributed by atoms with Crippen LogP contribution in [0.5, 0.6) is 5.75 Å². The quantitative estimate of drug-likeness (QED) is 0.814. The molecule has 0 aliphatic carbocycles. The number of amides is 1. The van der Waals surface area contributed by atoms with Crippen LogP contribution in [-0.2, 0) is 4.79 Å². The molecule has 3 N–H and O–H groups in total. The van der Waals surface area contributed by atoms with E-state index in [1.165, 1.54) is 0 Å². The second kappa shape index (κ2) is 5.51. The van der Waals surface area contributed by atoms with Crippen molar-refractivity contribution < 1.29 is 9.53 Å². The Morgan fingerprint density at radius 3 is 2.75 bits per heavy atom. The van der Waals surface area contributed by atoms with E-state index >= 15 is 0 Å². The van der Waals surface area contributed by atoms with Crippen LogP contribution in [0.3, 0.4) is 0 Å². The minimum Gasteiger partial charge on any atom is -0.497 e. The minimum absolute atomic E-state index is 0.157. The smallest absolute Gasteiger partial charge is 0.241 e. The van der Waals surface area contributed by atoms with Gasteiger partial charge in [0.2, 0.25) is 5.91 Å². The fourth-order valence-corrected chi connectivity index (χ4v) is 1.31. The first kappa shape index (κ1) is 12.5. The summed E-state index contributed by atoms with van der Waals surface area (Å²) in [6, 6.07) is 5.03. The number of nitrogens with two attached hydrogens (primary N) is 1. The lowest BCUT2D eigenvalue weighted by atomic mass is 10.1. The third kappa shape index (κ3) is 2.97. The van der Waals surface area contributed by atoms with Crippen LogP contribution in [0, 0.1) is 6.92 Å². The van der Waals surface area contributed by atoms with E-state index < -0.39 is 6.04 Å². The maximum Gasteiger partial charge on any atom is 0.241 e. The van der Waals surface area contributed by atoms with Crippen molar-refractivity contribution in [2.24, 2.45) is 5.73 Å². The van der Waals surface area contributed by atoms with Gasteiger partial charge in [-0.1, -0.05) is 6.92 Å². The molecule has 1 aromatic carbocycles. The second-order valence-corrected chi connectivity index (χ2v) is 3.68. The van der Waals surface area contributed by atoms with Gasteiger partial charge in [0.05, 0.1) is 13.2 Å². The fourth-order valence-electron chi connectivity index (χ4n) is 1.31. The lowest BCUT2D eigenvalue weighted by Crippen LogP contribution is -2.34. The molecule has 0 radical (unpaired) electrons. The Morgan fingerprint density at radius 2 is 2.25 bits per heavy atom. The number of aryl methyl sites for hydroxylation is 1. The van der Waals surface area contributed by atoms with E-state index in [2.05, 4.69) is 5.32 Å². The number of carbonyl (C=O) groups is 1. The molecule has 0 aromatic heterocycles. The number of ether oxygens (including phenoxy) is 1. The zero-order chi connectivity index (χ0) is 12.1. The lowest BCUT2D eigenvalue weighted by Gasteiger charge is -2.12. The van der Waals surface area contributed by atoms with Gasteiger partial charge >= 0.3 is 0 Å². The van der Waals surface area contributed by atoms with Crippen LogP contribution in [0.1, 0.15) is 18.9 Å². The van der Waals surface area contributed by atoms with E-state index in [4.69, 9.17) is 10.5 Å². The number of benzene rings is 1. The number of hydrogen-bond acceptors (Lipinski definition) is 3. The standard InChI is InChI=1S/C12H18N2O2/c1-4-10(13)12(15)14-11-6-5-9(16-3)7-8(11)2/h5-7,10H,4,13H2,1-3H3,(H,14,15)/t10-/m0/s1. The Balaban J connectivity index is 2.78. The zero-order valence-electron chi connectivity index (χ0n) is 9.91. The van der Waals surface area contributed by atoms with Gasteiger partial charge in [-0.3, -0.25) is 4.79 Å². The molecular weight excluding hydrogens is 204 g/mol. The van der Waals surface area contributed by atoms with Gasteiger partial charge in [-0.2, -0.15) is 0 Å². The molecule has 0 heterocycles. The molecule has 1 amide bonds.